The molecule has 1 aromatic heterocycles. The Bertz CT molecular complexity index is 540. The van der Waals surface area contributed by atoms with Gasteiger partial charge in [0.2, 0.25) is 0 Å². The number of halogens is 1. The first-order chi connectivity index (χ1) is 8.74. The third-order valence-corrected chi connectivity index (χ3v) is 3.31. The minimum absolute atomic E-state index is 0.762. The molecule has 1 aromatic carbocycles. The first-order valence-electron chi connectivity index (χ1n) is 6.11. The molecule has 0 fully saturated rings. The van der Waals surface area contributed by atoms with Gasteiger partial charge in [0.1, 0.15) is 5.82 Å². The maximum absolute atomic E-state index is 4.58. The van der Waals surface area contributed by atoms with Gasteiger partial charge in [-0.15, -0.1) is 0 Å². The molecule has 0 amide bonds. The predicted octanol–water partition coefficient (Wildman–Crippen LogP) is 3.90. The van der Waals surface area contributed by atoms with Crippen LogP contribution in [0, 0.1) is 0 Å². The largest absolute Gasteiger partial charge is 0.370 e. The smallest absolute Gasteiger partial charge is 0.162 e. The fourth-order valence-electron chi connectivity index (χ4n) is 1.71. The van der Waals surface area contributed by atoms with E-state index in [0.717, 1.165) is 40.3 Å². The van der Waals surface area contributed by atoms with Crippen molar-refractivity contribution in [1.82, 2.24) is 9.97 Å². The average Bonchev–Trinajstić information content (AvgIpc) is 2.39. The van der Waals surface area contributed by atoms with Gasteiger partial charge < -0.3 is 5.32 Å². The number of hydrogen-bond donors (Lipinski definition) is 1. The number of hydrogen-bond acceptors (Lipinski definition) is 3. The molecule has 0 spiro atoms. The number of rotatable bonds is 4. The number of nitrogens with zero attached hydrogens (tertiary/aromatic N) is 2. The molecule has 2 aromatic rings. The minimum Gasteiger partial charge on any atom is -0.370 e. The van der Waals surface area contributed by atoms with Crippen LogP contribution in [-0.4, -0.2) is 16.5 Å². The molecule has 2 rings (SSSR count). The van der Waals surface area contributed by atoms with Crippen molar-refractivity contribution >= 4 is 21.7 Å². The van der Waals surface area contributed by atoms with Gasteiger partial charge >= 0.3 is 0 Å². The van der Waals surface area contributed by atoms with Crippen LogP contribution in [0.3, 0.4) is 0 Å². The molecule has 94 valence electrons. The Labute approximate surface area is 116 Å². The molecule has 1 heterocycles. The van der Waals surface area contributed by atoms with Crippen molar-refractivity contribution in [2.24, 2.45) is 0 Å². The molecule has 0 saturated carbocycles. The predicted molar refractivity (Wildman–Crippen MR) is 78.7 cm³/mol. The third-order valence-electron chi connectivity index (χ3n) is 2.61. The molecule has 0 aliphatic carbocycles. The molecule has 18 heavy (non-hydrogen) atoms. The van der Waals surface area contributed by atoms with Gasteiger partial charge in [0.15, 0.2) is 5.82 Å². The number of anilines is 1. The molecule has 3 nitrogen and oxygen atoms in total. The summed E-state index contributed by atoms with van der Waals surface area (Å²) in [5, 5.41) is 3.25. The van der Waals surface area contributed by atoms with E-state index in [-0.39, 0.29) is 0 Å². The van der Waals surface area contributed by atoms with E-state index in [0.29, 0.717) is 0 Å². The maximum atomic E-state index is 4.58. The Kier molecular flexibility index (Phi) is 4.31. The summed E-state index contributed by atoms with van der Waals surface area (Å²) < 4.78 is 1.01. The average molecular weight is 306 g/mol. The lowest BCUT2D eigenvalue weighted by molar-refractivity contribution is 0.998. The van der Waals surface area contributed by atoms with Crippen LogP contribution in [0.4, 0.5) is 5.82 Å². The van der Waals surface area contributed by atoms with E-state index in [4.69, 9.17) is 0 Å². The standard InChI is InChI=1S/C14H16BrN3/c1-3-10-9-13(16-4-2)18-14(17-10)11-7-5-6-8-12(11)15/h5-9H,3-4H2,1-2H3,(H,16,17,18). The van der Waals surface area contributed by atoms with E-state index in [9.17, 15) is 0 Å². The van der Waals surface area contributed by atoms with Crippen LogP contribution < -0.4 is 5.32 Å². The SMILES string of the molecule is CCNc1cc(CC)nc(-c2ccccc2Br)n1. The maximum Gasteiger partial charge on any atom is 0.162 e. The number of nitrogens with one attached hydrogen (secondary N) is 1. The molecular formula is C14H16BrN3. The zero-order valence-electron chi connectivity index (χ0n) is 10.6. The topological polar surface area (TPSA) is 37.8 Å². The van der Waals surface area contributed by atoms with Crippen molar-refractivity contribution < 1.29 is 0 Å². The van der Waals surface area contributed by atoms with Crippen molar-refractivity contribution in [1.29, 1.82) is 0 Å². The Morgan fingerprint density at radius 1 is 1.17 bits per heavy atom. The number of aromatic nitrogens is 2. The lowest BCUT2D eigenvalue weighted by Crippen LogP contribution is -2.03. The van der Waals surface area contributed by atoms with Gasteiger partial charge in [-0.3, -0.25) is 0 Å². The zero-order valence-corrected chi connectivity index (χ0v) is 12.2. The van der Waals surface area contributed by atoms with E-state index in [1.54, 1.807) is 0 Å². The van der Waals surface area contributed by atoms with Crippen molar-refractivity contribution in [3.05, 3.63) is 40.5 Å². The summed E-state index contributed by atoms with van der Waals surface area (Å²) in [4.78, 5) is 9.13. The lowest BCUT2D eigenvalue weighted by atomic mass is 10.2. The molecule has 0 radical (unpaired) electrons. The van der Waals surface area contributed by atoms with Gasteiger partial charge in [-0.1, -0.05) is 41.1 Å². The van der Waals surface area contributed by atoms with Gasteiger partial charge in [-0.25, -0.2) is 9.97 Å². The molecule has 1 N–H and O–H groups in total. The van der Waals surface area contributed by atoms with Crippen LogP contribution in [0.15, 0.2) is 34.8 Å². The Balaban J connectivity index is 2.50. The number of benzene rings is 1. The van der Waals surface area contributed by atoms with Crippen molar-refractivity contribution in [3.63, 3.8) is 0 Å². The van der Waals surface area contributed by atoms with Gasteiger partial charge in [0, 0.05) is 28.3 Å². The van der Waals surface area contributed by atoms with E-state index in [1.807, 2.05) is 30.3 Å². The second kappa shape index (κ2) is 5.96. The number of aryl methyl sites for hydroxylation is 1. The van der Waals surface area contributed by atoms with Gasteiger partial charge in [0.05, 0.1) is 0 Å². The van der Waals surface area contributed by atoms with Crippen molar-refractivity contribution in [2.45, 2.75) is 20.3 Å². The Morgan fingerprint density at radius 2 is 1.94 bits per heavy atom. The molecular weight excluding hydrogens is 290 g/mol. The lowest BCUT2D eigenvalue weighted by Gasteiger charge is -2.09. The highest BCUT2D eigenvalue weighted by Crippen LogP contribution is 2.26. The molecule has 4 heteroatoms. The fourth-order valence-corrected chi connectivity index (χ4v) is 2.18. The van der Waals surface area contributed by atoms with E-state index < -0.39 is 0 Å². The fraction of sp³-hybridized carbons (Fsp3) is 0.286. The Hall–Kier alpha value is -1.42. The summed E-state index contributed by atoms with van der Waals surface area (Å²) in [5.74, 6) is 1.65. The van der Waals surface area contributed by atoms with Crippen LogP contribution in [-0.2, 0) is 6.42 Å². The van der Waals surface area contributed by atoms with Crippen molar-refractivity contribution in [2.75, 3.05) is 11.9 Å². The van der Waals surface area contributed by atoms with Crippen LogP contribution in [0.2, 0.25) is 0 Å². The summed E-state index contributed by atoms with van der Waals surface area (Å²) in [6.45, 7) is 5.02. The van der Waals surface area contributed by atoms with Crippen LogP contribution in [0.25, 0.3) is 11.4 Å². The molecule has 0 saturated heterocycles. The molecule has 0 atom stereocenters. The molecule has 0 unspecified atom stereocenters. The third kappa shape index (κ3) is 2.88. The quantitative estimate of drug-likeness (QED) is 0.931. The van der Waals surface area contributed by atoms with Gasteiger partial charge in [-0.05, 0) is 19.4 Å². The normalized spacial score (nSPS) is 10.4. The van der Waals surface area contributed by atoms with Crippen LogP contribution in [0.1, 0.15) is 19.5 Å². The Morgan fingerprint density at radius 3 is 2.61 bits per heavy atom. The van der Waals surface area contributed by atoms with Crippen LogP contribution >= 0.6 is 15.9 Å². The summed E-state index contributed by atoms with van der Waals surface area (Å²) >= 11 is 3.54. The second-order valence-corrected chi connectivity index (χ2v) is 4.79. The summed E-state index contributed by atoms with van der Waals surface area (Å²) in [7, 11) is 0. The van der Waals surface area contributed by atoms with E-state index >= 15 is 0 Å². The van der Waals surface area contributed by atoms with Crippen molar-refractivity contribution in [3.8, 4) is 11.4 Å². The van der Waals surface area contributed by atoms with E-state index in [1.165, 1.54) is 0 Å². The van der Waals surface area contributed by atoms with Gasteiger partial charge in [0.25, 0.3) is 0 Å². The monoisotopic (exact) mass is 305 g/mol. The van der Waals surface area contributed by atoms with E-state index in [2.05, 4.69) is 45.1 Å². The van der Waals surface area contributed by atoms with Crippen LogP contribution in [0.5, 0.6) is 0 Å². The second-order valence-electron chi connectivity index (χ2n) is 3.93. The van der Waals surface area contributed by atoms with Gasteiger partial charge in [-0.2, -0.15) is 0 Å². The summed E-state index contributed by atoms with van der Waals surface area (Å²) in [5.41, 5.74) is 2.07. The molecule has 0 bridgehead atoms. The highest BCUT2D eigenvalue weighted by molar-refractivity contribution is 9.10. The minimum atomic E-state index is 0.762. The molecule has 0 aliphatic heterocycles. The molecule has 0 aliphatic rings. The summed E-state index contributed by atoms with van der Waals surface area (Å²) in [6.07, 6.45) is 0.901. The highest BCUT2D eigenvalue weighted by atomic mass is 79.9. The first-order valence-corrected chi connectivity index (χ1v) is 6.90. The zero-order chi connectivity index (χ0) is 13.0. The first kappa shape index (κ1) is 13.0. The highest BCUT2D eigenvalue weighted by Gasteiger charge is 2.08. The summed E-state index contributed by atoms with van der Waals surface area (Å²) in [6, 6.07) is 10.0.